The summed E-state index contributed by atoms with van der Waals surface area (Å²) in [5.74, 6) is 0.207. The van der Waals surface area contributed by atoms with Gasteiger partial charge in [0, 0.05) is 13.1 Å². The minimum Gasteiger partial charge on any atom is -0.444 e. The second-order valence-electron chi connectivity index (χ2n) is 8.84. The lowest BCUT2D eigenvalue weighted by molar-refractivity contribution is 0.0405. The van der Waals surface area contributed by atoms with Crippen LogP contribution in [0.15, 0.2) is 30.3 Å². The molecule has 1 N–H and O–H groups in total. The summed E-state index contributed by atoms with van der Waals surface area (Å²) in [4.78, 5) is 33.1. The van der Waals surface area contributed by atoms with Crippen LogP contribution in [0.1, 0.15) is 56.0 Å². The lowest BCUT2D eigenvalue weighted by Gasteiger charge is -2.40. The number of amides is 2. The highest BCUT2D eigenvalue weighted by molar-refractivity contribution is 7.15. The summed E-state index contributed by atoms with van der Waals surface area (Å²) in [7, 11) is 0. The largest absolute Gasteiger partial charge is 0.444 e. The van der Waals surface area contributed by atoms with Gasteiger partial charge in [-0.15, -0.1) is 11.3 Å². The average molecular weight is 430 g/mol. The predicted molar refractivity (Wildman–Crippen MR) is 120 cm³/mol. The first kappa shape index (κ1) is 22.3. The third kappa shape index (κ3) is 5.39. The van der Waals surface area contributed by atoms with E-state index < -0.39 is 11.7 Å². The molecule has 1 aliphatic rings. The van der Waals surface area contributed by atoms with E-state index >= 15 is 0 Å². The fourth-order valence-corrected chi connectivity index (χ4v) is 4.72. The van der Waals surface area contributed by atoms with Gasteiger partial charge in [0.2, 0.25) is 0 Å². The smallest absolute Gasteiger partial charge is 0.407 e. The van der Waals surface area contributed by atoms with Crippen LogP contribution in [0, 0.1) is 12.8 Å². The van der Waals surface area contributed by atoms with Crippen molar-refractivity contribution in [2.45, 2.75) is 59.1 Å². The minimum atomic E-state index is -0.555. The van der Waals surface area contributed by atoms with Crippen LogP contribution >= 0.6 is 11.3 Å². The highest BCUT2D eigenvalue weighted by Gasteiger charge is 2.35. The van der Waals surface area contributed by atoms with Crippen LogP contribution < -0.4 is 5.32 Å². The molecule has 0 spiro atoms. The molecule has 162 valence electrons. The van der Waals surface area contributed by atoms with Gasteiger partial charge < -0.3 is 15.0 Å². The Kier molecular flexibility index (Phi) is 6.81. The van der Waals surface area contributed by atoms with Gasteiger partial charge in [-0.3, -0.25) is 4.79 Å². The zero-order valence-electron chi connectivity index (χ0n) is 18.4. The standard InChI is InChI=1S/C23H31N3O3S/c1-15-10-9-13-26(18(15)14-24-22(28)29-23(3,4)5)21(27)19-20(30-16(2)25-19)17-11-7-6-8-12-17/h6-8,11-12,15,18H,9-10,13-14H2,1-5H3,(H,24,28)/t15?,18-/m1/s1. The van der Waals surface area contributed by atoms with Gasteiger partial charge in [0.05, 0.1) is 15.9 Å². The van der Waals surface area contributed by atoms with E-state index in [-0.39, 0.29) is 17.9 Å². The molecule has 0 radical (unpaired) electrons. The van der Waals surface area contributed by atoms with Gasteiger partial charge in [-0.25, -0.2) is 9.78 Å². The van der Waals surface area contributed by atoms with Crippen molar-refractivity contribution in [2.75, 3.05) is 13.1 Å². The average Bonchev–Trinajstić information content (AvgIpc) is 3.07. The van der Waals surface area contributed by atoms with Crippen LogP contribution in [0.5, 0.6) is 0 Å². The Bertz CT molecular complexity index is 889. The predicted octanol–water partition coefficient (Wildman–Crippen LogP) is 4.88. The maximum Gasteiger partial charge on any atom is 0.407 e. The quantitative estimate of drug-likeness (QED) is 0.752. The van der Waals surface area contributed by atoms with Crippen LogP contribution in [0.2, 0.25) is 0 Å². The minimum absolute atomic E-state index is 0.0688. The number of ether oxygens (including phenoxy) is 1. The number of nitrogens with zero attached hydrogens (tertiary/aromatic N) is 2. The van der Waals surface area contributed by atoms with Crippen molar-refractivity contribution in [3.8, 4) is 10.4 Å². The first-order valence-electron chi connectivity index (χ1n) is 10.5. The van der Waals surface area contributed by atoms with E-state index in [1.165, 1.54) is 11.3 Å². The molecule has 30 heavy (non-hydrogen) atoms. The first-order chi connectivity index (χ1) is 14.2. The topological polar surface area (TPSA) is 71.5 Å². The van der Waals surface area contributed by atoms with Crippen LogP contribution in [-0.2, 0) is 4.74 Å². The molecule has 1 aromatic heterocycles. The van der Waals surface area contributed by atoms with Crippen LogP contribution in [-0.4, -0.2) is 46.6 Å². The zero-order valence-corrected chi connectivity index (χ0v) is 19.2. The fraction of sp³-hybridized carbons (Fsp3) is 0.522. The third-order valence-electron chi connectivity index (χ3n) is 5.20. The monoisotopic (exact) mass is 429 g/mol. The van der Waals surface area contributed by atoms with E-state index in [1.54, 1.807) is 0 Å². The number of thiazole rings is 1. The molecule has 2 amide bonds. The number of alkyl carbamates (subject to hydrolysis) is 1. The molecule has 2 heterocycles. The Balaban J connectivity index is 1.81. The zero-order chi connectivity index (χ0) is 21.9. The molecular weight excluding hydrogens is 398 g/mol. The molecular formula is C23H31N3O3S. The van der Waals surface area contributed by atoms with Gasteiger partial charge in [-0.05, 0) is 52.0 Å². The van der Waals surface area contributed by atoms with Gasteiger partial charge in [-0.1, -0.05) is 37.3 Å². The third-order valence-corrected chi connectivity index (χ3v) is 6.22. The van der Waals surface area contributed by atoms with Crippen molar-refractivity contribution >= 4 is 23.3 Å². The van der Waals surface area contributed by atoms with Crippen LogP contribution in [0.25, 0.3) is 10.4 Å². The van der Waals surface area contributed by atoms with Crippen LogP contribution in [0.4, 0.5) is 4.79 Å². The molecule has 7 heteroatoms. The Hall–Kier alpha value is -2.41. The summed E-state index contributed by atoms with van der Waals surface area (Å²) in [6.07, 6.45) is 1.51. The summed E-state index contributed by atoms with van der Waals surface area (Å²) in [6, 6.07) is 9.81. The molecule has 3 rings (SSSR count). The molecule has 6 nitrogen and oxygen atoms in total. The number of benzene rings is 1. The molecule has 0 saturated carbocycles. The molecule has 2 aromatic rings. The second kappa shape index (κ2) is 9.16. The van der Waals surface area contributed by atoms with Gasteiger partial charge >= 0.3 is 6.09 Å². The van der Waals surface area contributed by atoms with Crippen molar-refractivity contribution < 1.29 is 14.3 Å². The summed E-state index contributed by atoms with van der Waals surface area (Å²) < 4.78 is 5.36. The second-order valence-corrected chi connectivity index (χ2v) is 10.0. The van der Waals surface area contributed by atoms with Gasteiger partial charge in [0.25, 0.3) is 5.91 Å². The first-order valence-corrected chi connectivity index (χ1v) is 11.3. The number of hydrogen-bond donors (Lipinski definition) is 1. The lowest BCUT2D eigenvalue weighted by atomic mass is 9.90. The molecule has 0 aliphatic carbocycles. The van der Waals surface area contributed by atoms with E-state index in [4.69, 9.17) is 4.74 Å². The van der Waals surface area contributed by atoms with E-state index in [0.717, 1.165) is 28.3 Å². The number of rotatable bonds is 4. The van der Waals surface area contributed by atoms with Crippen molar-refractivity contribution in [3.05, 3.63) is 41.0 Å². The van der Waals surface area contributed by atoms with Crippen molar-refractivity contribution in [3.63, 3.8) is 0 Å². The number of aryl methyl sites for hydroxylation is 1. The molecule has 2 atom stereocenters. The number of carbonyl (C=O) groups excluding carboxylic acids is 2. The summed E-state index contributed by atoms with van der Waals surface area (Å²) in [5.41, 5.74) is 0.945. The number of nitrogens with one attached hydrogen (secondary N) is 1. The Morgan fingerprint density at radius 3 is 2.63 bits per heavy atom. The summed E-state index contributed by atoms with van der Waals surface area (Å²) in [5, 5.41) is 3.72. The maximum absolute atomic E-state index is 13.6. The Morgan fingerprint density at radius 1 is 1.27 bits per heavy atom. The number of carbonyl (C=O) groups is 2. The number of piperidine rings is 1. The highest BCUT2D eigenvalue weighted by atomic mass is 32.1. The van der Waals surface area contributed by atoms with Gasteiger partial charge in [-0.2, -0.15) is 0 Å². The number of likely N-dealkylation sites (tertiary alicyclic amines) is 1. The molecule has 1 aromatic carbocycles. The molecule has 0 bridgehead atoms. The normalized spacial score (nSPS) is 19.4. The molecule has 1 unspecified atom stereocenters. The fourth-order valence-electron chi connectivity index (χ4n) is 3.81. The number of hydrogen-bond acceptors (Lipinski definition) is 5. The van der Waals surface area contributed by atoms with Gasteiger partial charge in [0.15, 0.2) is 0 Å². The highest BCUT2D eigenvalue weighted by Crippen LogP contribution is 2.33. The van der Waals surface area contributed by atoms with Crippen molar-refractivity contribution in [1.29, 1.82) is 0 Å². The molecule has 1 aliphatic heterocycles. The lowest BCUT2D eigenvalue weighted by Crippen LogP contribution is -2.53. The van der Waals surface area contributed by atoms with E-state index in [1.807, 2.05) is 62.9 Å². The maximum atomic E-state index is 13.6. The SMILES string of the molecule is Cc1nc(C(=O)N2CCCC(C)[C@H]2CNC(=O)OC(C)(C)C)c(-c2ccccc2)s1. The van der Waals surface area contributed by atoms with Crippen molar-refractivity contribution in [2.24, 2.45) is 5.92 Å². The molecule has 1 saturated heterocycles. The number of aromatic nitrogens is 1. The summed E-state index contributed by atoms with van der Waals surface area (Å²) >= 11 is 1.54. The van der Waals surface area contributed by atoms with E-state index in [0.29, 0.717) is 18.8 Å². The van der Waals surface area contributed by atoms with E-state index in [9.17, 15) is 9.59 Å². The van der Waals surface area contributed by atoms with Gasteiger partial charge in [0.1, 0.15) is 11.3 Å². The summed E-state index contributed by atoms with van der Waals surface area (Å²) in [6.45, 7) is 10.6. The van der Waals surface area contributed by atoms with Crippen LogP contribution in [0.3, 0.4) is 0 Å². The molecule has 1 fully saturated rings. The Morgan fingerprint density at radius 2 is 1.97 bits per heavy atom. The van der Waals surface area contributed by atoms with E-state index in [2.05, 4.69) is 17.2 Å². The Labute approximate surface area is 182 Å². The van der Waals surface area contributed by atoms with Crippen molar-refractivity contribution in [1.82, 2.24) is 15.2 Å².